The number of aryl methyl sites for hydroxylation is 1. The van der Waals surface area contributed by atoms with Crippen molar-refractivity contribution in [3.63, 3.8) is 0 Å². The van der Waals surface area contributed by atoms with Crippen LogP contribution < -0.4 is 0 Å². The van der Waals surface area contributed by atoms with E-state index >= 15 is 0 Å². The van der Waals surface area contributed by atoms with Crippen LogP contribution in [0.4, 0.5) is 0 Å². The van der Waals surface area contributed by atoms with Gasteiger partial charge in [-0.15, -0.1) is 12.4 Å². The standard InChI is InChI=1S/C21H17N3.ClH/c1-16-8-7-15-22-21(16)24-19-12-6-5-11-18(19)23-20(24)14-13-17-9-3-2-4-10-17;/h2-15H,1H3;1H/b14-13+;. The molecule has 0 radical (unpaired) electrons. The molecule has 3 nitrogen and oxygen atoms in total. The number of hydrogen-bond acceptors (Lipinski definition) is 2. The van der Waals surface area contributed by atoms with E-state index in [0.29, 0.717) is 0 Å². The largest absolute Gasteiger partial charge is 0.277 e. The molecule has 2 aromatic carbocycles. The van der Waals surface area contributed by atoms with Gasteiger partial charge in [0.05, 0.1) is 11.0 Å². The van der Waals surface area contributed by atoms with Gasteiger partial charge in [0.15, 0.2) is 0 Å². The van der Waals surface area contributed by atoms with Crippen molar-refractivity contribution in [2.24, 2.45) is 0 Å². The lowest BCUT2D eigenvalue weighted by atomic mass is 10.2. The first-order valence-electron chi connectivity index (χ1n) is 7.95. The van der Waals surface area contributed by atoms with Gasteiger partial charge >= 0.3 is 0 Å². The van der Waals surface area contributed by atoms with Crippen molar-refractivity contribution < 1.29 is 0 Å². The van der Waals surface area contributed by atoms with Gasteiger partial charge in [-0.1, -0.05) is 54.6 Å². The van der Waals surface area contributed by atoms with E-state index in [1.807, 2.05) is 54.7 Å². The highest BCUT2D eigenvalue weighted by atomic mass is 35.5. The van der Waals surface area contributed by atoms with E-state index in [1.165, 1.54) is 0 Å². The van der Waals surface area contributed by atoms with Crippen molar-refractivity contribution in [2.75, 3.05) is 0 Å². The zero-order chi connectivity index (χ0) is 16.4. The molecule has 0 amide bonds. The monoisotopic (exact) mass is 347 g/mol. The summed E-state index contributed by atoms with van der Waals surface area (Å²) in [7, 11) is 0. The molecule has 0 bridgehead atoms. The van der Waals surface area contributed by atoms with Crippen LogP contribution in [-0.4, -0.2) is 14.5 Å². The summed E-state index contributed by atoms with van der Waals surface area (Å²) in [6, 6.07) is 22.4. The summed E-state index contributed by atoms with van der Waals surface area (Å²) in [5.41, 5.74) is 4.30. The van der Waals surface area contributed by atoms with Crippen molar-refractivity contribution >= 4 is 35.6 Å². The van der Waals surface area contributed by atoms with Gasteiger partial charge in [0.1, 0.15) is 11.6 Å². The molecule has 4 heteroatoms. The second-order valence-corrected chi connectivity index (χ2v) is 5.68. The Hall–Kier alpha value is -2.91. The molecule has 0 aliphatic carbocycles. The minimum Gasteiger partial charge on any atom is -0.277 e. The first kappa shape index (κ1) is 16.9. The SMILES string of the molecule is Cc1cccnc1-n1c(/C=C/c2ccccc2)nc2ccccc21.Cl. The van der Waals surface area contributed by atoms with E-state index in [-0.39, 0.29) is 12.4 Å². The second-order valence-electron chi connectivity index (χ2n) is 5.68. The number of imidazole rings is 1. The molecule has 0 aliphatic heterocycles. The third-order valence-corrected chi connectivity index (χ3v) is 4.00. The summed E-state index contributed by atoms with van der Waals surface area (Å²) in [6.07, 6.45) is 5.95. The number of para-hydroxylation sites is 2. The molecule has 25 heavy (non-hydrogen) atoms. The predicted molar refractivity (Wildman–Crippen MR) is 106 cm³/mol. The molecule has 0 fully saturated rings. The topological polar surface area (TPSA) is 30.7 Å². The van der Waals surface area contributed by atoms with Crippen molar-refractivity contribution in [3.05, 3.63) is 89.9 Å². The highest BCUT2D eigenvalue weighted by Gasteiger charge is 2.12. The van der Waals surface area contributed by atoms with Crippen molar-refractivity contribution in [2.45, 2.75) is 6.92 Å². The summed E-state index contributed by atoms with van der Waals surface area (Å²) in [4.78, 5) is 9.36. The van der Waals surface area contributed by atoms with Gasteiger partial charge in [-0.2, -0.15) is 0 Å². The van der Waals surface area contributed by atoms with Gasteiger partial charge in [-0.05, 0) is 42.3 Å². The maximum atomic E-state index is 4.78. The molecule has 124 valence electrons. The van der Waals surface area contributed by atoms with E-state index in [4.69, 9.17) is 4.98 Å². The molecule has 2 heterocycles. The van der Waals surface area contributed by atoms with Crippen molar-refractivity contribution in [1.82, 2.24) is 14.5 Å². The minimum absolute atomic E-state index is 0. The minimum atomic E-state index is 0. The first-order chi connectivity index (χ1) is 11.8. The lowest BCUT2D eigenvalue weighted by Gasteiger charge is -2.08. The van der Waals surface area contributed by atoms with Crippen LogP contribution in [0, 0.1) is 6.92 Å². The Kier molecular flexibility index (Phi) is 4.96. The lowest BCUT2D eigenvalue weighted by Crippen LogP contribution is -2.02. The van der Waals surface area contributed by atoms with Gasteiger partial charge in [0, 0.05) is 6.20 Å². The fraction of sp³-hybridized carbons (Fsp3) is 0.0476. The zero-order valence-corrected chi connectivity index (χ0v) is 14.6. The third kappa shape index (κ3) is 3.32. The number of benzene rings is 2. The average Bonchev–Trinajstić information content (AvgIpc) is 2.99. The summed E-state index contributed by atoms with van der Waals surface area (Å²) in [5, 5.41) is 0. The van der Waals surface area contributed by atoms with Gasteiger partial charge in [0.25, 0.3) is 0 Å². The Bertz CT molecular complexity index is 1020. The maximum Gasteiger partial charge on any atom is 0.141 e. The van der Waals surface area contributed by atoms with Gasteiger partial charge in [-0.25, -0.2) is 9.97 Å². The Labute approximate surface area is 153 Å². The fourth-order valence-electron chi connectivity index (χ4n) is 2.83. The molecule has 0 spiro atoms. The van der Waals surface area contributed by atoms with Gasteiger partial charge < -0.3 is 0 Å². The molecule has 0 atom stereocenters. The second kappa shape index (κ2) is 7.32. The highest BCUT2D eigenvalue weighted by molar-refractivity contribution is 5.85. The third-order valence-electron chi connectivity index (χ3n) is 4.00. The predicted octanol–water partition coefficient (Wildman–Crippen LogP) is 5.32. The van der Waals surface area contributed by atoms with Crippen LogP contribution in [0.2, 0.25) is 0 Å². The number of rotatable bonds is 3. The normalized spacial score (nSPS) is 10.9. The van der Waals surface area contributed by atoms with Crippen LogP contribution in [0.25, 0.3) is 29.0 Å². The summed E-state index contributed by atoms with van der Waals surface area (Å²) in [5.74, 6) is 1.79. The van der Waals surface area contributed by atoms with Crippen LogP contribution in [0.1, 0.15) is 17.0 Å². The van der Waals surface area contributed by atoms with E-state index in [1.54, 1.807) is 0 Å². The molecule has 2 aromatic heterocycles. The molecule has 4 aromatic rings. The van der Waals surface area contributed by atoms with E-state index in [2.05, 4.69) is 46.8 Å². The number of nitrogens with zero attached hydrogens (tertiary/aromatic N) is 3. The Balaban J connectivity index is 0.00000182. The van der Waals surface area contributed by atoms with Crippen molar-refractivity contribution in [1.29, 1.82) is 0 Å². The fourth-order valence-corrected chi connectivity index (χ4v) is 2.83. The lowest BCUT2D eigenvalue weighted by molar-refractivity contribution is 0.987. The molecular weight excluding hydrogens is 330 g/mol. The zero-order valence-electron chi connectivity index (χ0n) is 13.8. The molecule has 0 aliphatic rings. The quantitative estimate of drug-likeness (QED) is 0.502. The number of hydrogen-bond donors (Lipinski definition) is 0. The van der Waals surface area contributed by atoms with E-state index in [9.17, 15) is 0 Å². The Morgan fingerprint density at radius 2 is 1.60 bits per heavy atom. The van der Waals surface area contributed by atoms with Crippen LogP contribution in [0.5, 0.6) is 0 Å². The maximum absolute atomic E-state index is 4.78. The van der Waals surface area contributed by atoms with Crippen LogP contribution in [0.15, 0.2) is 72.9 Å². The summed E-state index contributed by atoms with van der Waals surface area (Å²) in [6.45, 7) is 2.07. The highest BCUT2D eigenvalue weighted by Crippen LogP contribution is 2.23. The van der Waals surface area contributed by atoms with Crippen LogP contribution in [0.3, 0.4) is 0 Å². The molecular formula is C21H18ClN3. The smallest absolute Gasteiger partial charge is 0.141 e. The number of aromatic nitrogens is 3. The average molecular weight is 348 g/mol. The molecule has 4 rings (SSSR count). The molecule has 0 saturated heterocycles. The molecule has 0 N–H and O–H groups in total. The molecule has 0 unspecified atom stereocenters. The first-order valence-corrected chi connectivity index (χ1v) is 7.95. The number of halogens is 1. The summed E-state index contributed by atoms with van der Waals surface area (Å²) >= 11 is 0. The summed E-state index contributed by atoms with van der Waals surface area (Å²) < 4.78 is 2.12. The van der Waals surface area contributed by atoms with Crippen molar-refractivity contribution in [3.8, 4) is 5.82 Å². The number of pyridine rings is 1. The van der Waals surface area contributed by atoms with Gasteiger partial charge in [0.2, 0.25) is 0 Å². The van der Waals surface area contributed by atoms with Gasteiger partial charge in [-0.3, -0.25) is 4.57 Å². The Morgan fingerprint density at radius 1 is 0.840 bits per heavy atom. The molecule has 0 saturated carbocycles. The van der Waals surface area contributed by atoms with Crippen LogP contribution in [-0.2, 0) is 0 Å². The van der Waals surface area contributed by atoms with E-state index < -0.39 is 0 Å². The Morgan fingerprint density at radius 3 is 2.40 bits per heavy atom. The van der Waals surface area contributed by atoms with Crippen LogP contribution >= 0.6 is 12.4 Å². The van der Waals surface area contributed by atoms with E-state index in [0.717, 1.165) is 33.8 Å². The number of fused-ring (bicyclic) bond motifs is 1.